The van der Waals surface area contributed by atoms with Gasteiger partial charge < -0.3 is 15.2 Å². The topological polar surface area (TPSA) is 107 Å². The number of amides is 2. The van der Waals surface area contributed by atoms with Gasteiger partial charge in [-0.15, -0.1) is 10.2 Å². The lowest BCUT2D eigenvalue weighted by molar-refractivity contribution is -0.175. The van der Waals surface area contributed by atoms with Crippen LogP contribution in [0.5, 0.6) is 0 Å². The van der Waals surface area contributed by atoms with E-state index in [1.807, 2.05) is 0 Å². The van der Waals surface area contributed by atoms with Gasteiger partial charge in [0.2, 0.25) is 11.7 Å². The van der Waals surface area contributed by atoms with Crippen molar-refractivity contribution in [3.8, 4) is 17.2 Å². The Morgan fingerprint density at radius 3 is 2.47 bits per heavy atom. The maximum Gasteiger partial charge on any atom is 0.471 e. The molecule has 4 aromatic rings. The van der Waals surface area contributed by atoms with E-state index in [0.717, 1.165) is 6.07 Å². The van der Waals surface area contributed by atoms with Crippen LogP contribution in [0, 0.1) is 11.6 Å². The first kappa shape index (κ1) is 25.6. The normalized spacial score (nSPS) is 14.5. The second-order valence-electron chi connectivity index (χ2n) is 8.75. The van der Waals surface area contributed by atoms with Gasteiger partial charge in [0.1, 0.15) is 22.9 Å². The summed E-state index contributed by atoms with van der Waals surface area (Å²) in [6.45, 7) is -0.342. The summed E-state index contributed by atoms with van der Waals surface area (Å²) in [5.74, 6) is -4.23. The van der Waals surface area contributed by atoms with Crippen molar-refractivity contribution in [2.75, 3.05) is 0 Å². The number of fused-ring (bicyclic) bond motifs is 1. The molecule has 2 N–H and O–H groups in total. The maximum atomic E-state index is 15.2. The second-order valence-corrected chi connectivity index (χ2v) is 9.13. The minimum absolute atomic E-state index is 0.0311. The molecule has 1 aliphatic carbocycles. The molecule has 0 atom stereocenters. The van der Waals surface area contributed by atoms with Gasteiger partial charge in [-0.3, -0.25) is 9.59 Å². The van der Waals surface area contributed by atoms with E-state index in [1.165, 1.54) is 39.7 Å². The van der Waals surface area contributed by atoms with E-state index in [9.17, 15) is 27.2 Å². The number of halogens is 6. The van der Waals surface area contributed by atoms with Gasteiger partial charge in [-0.05, 0) is 48.4 Å². The van der Waals surface area contributed by atoms with E-state index in [0.29, 0.717) is 10.9 Å². The highest BCUT2D eigenvalue weighted by atomic mass is 35.5. The van der Waals surface area contributed by atoms with Gasteiger partial charge in [0, 0.05) is 23.2 Å². The minimum atomic E-state index is -5.13. The highest BCUT2D eigenvalue weighted by molar-refractivity contribution is 6.38. The Morgan fingerprint density at radius 1 is 1.13 bits per heavy atom. The van der Waals surface area contributed by atoms with Crippen LogP contribution in [-0.4, -0.2) is 48.3 Å². The molecule has 0 unspecified atom stereocenters. The Balaban J connectivity index is 1.43. The molecule has 2 aromatic heterocycles. The quantitative estimate of drug-likeness (QED) is 0.355. The number of carbonyl (C=O) groups excluding carboxylic acids is 2. The highest BCUT2D eigenvalue weighted by Crippen LogP contribution is 2.39. The number of benzene rings is 2. The average molecular weight is 554 g/mol. The SMILES string of the molecule is Cn1nnc(-c2c(Cl)c3cc(F)ccc3n2-c2ccc(CNC(=O)C3(NC(=O)C(F)(F)F)CC3)c(F)c2)n1. The summed E-state index contributed by atoms with van der Waals surface area (Å²) in [7, 11) is 1.54. The lowest BCUT2D eigenvalue weighted by atomic mass is 10.1. The van der Waals surface area contributed by atoms with Crippen molar-refractivity contribution in [3.63, 3.8) is 0 Å². The summed E-state index contributed by atoms with van der Waals surface area (Å²) in [5.41, 5.74) is -0.669. The second kappa shape index (κ2) is 9.04. The van der Waals surface area contributed by atoms with Crippen LogP contribution >= 0.6 is 11.6 Å². The molecule has 5 rings (SSSR count). The van der Waals surface area contributed by atoms with E-state index in [4.69, 9.17) is 11.6 Å². The van der Waals surface area contributed by atoms with Crippen LogP contribution < -0.4 is 10.6 Å². The Labute approximate surface area is 215 Å². The summed E-state index contributed by atoms with van der Waals surface area (Å²) in [4.78, 5) is 24.9. The van der Waals surface area contributed by atoms with Crippen LogP contribution in [-0.2, 0) is 23.2 Å². The fraction of sp³-hybridized carbons (Fsp3) is 0.261. The van der Waals surface area contributed by atoms with E-state index < -0.39 is 35.2 Å². The molecule has 0 radical (unpaired) electrons. The number of hydrogen-bond donors (Lipinski definition) is 2. The first-order chi connectivity index (χ1) is 17.9. The number of hydrogen-bond acceptors (Lipinski definition) is 5. The predicted octanol–water partition coefficient (Wildman–Crippen LogP) is 3.58. The number of alkyl halides is 3. The highest BCUT2D eigenvalue weighted by Gasteiger charge is 2.54. The van der Waals surface area contributed by atoms with Crippen molar-refractivity contribution in [1.29, 1.82) is 0 Å². The Bertz CT molecular complexity index is 1590. The summed E-state index contributed by atoms with van der Waals surface area (Å²) < 4.78 is 68.4. The van der Waals surface area contributed by atoms with Crippen LogP contribution in [0.4, 0.5) is 22.0 Å². The zero-order valence-electron chi connectivity index (χ0n) is 19.4. The molecular weight excluding hydrogens is 537 g/mol. The van der Waals surface area contributed by atoms with Gasteiger partial charge in [-0.2, -0.15) is 18.0 Å². The number of carbonyl (C=O) groups is 2. The molecule has 1 aliphatic rings. The minimum Gasteiger partial charge on any atom is -0.350 e. The zero-order chi connectivity index (χ0) is 27.4. The van der Waals surface area contributed by atoms with E-state index in [1.54, 1.807) is 12.4 Å². The smallest absolute Gasteiger partial charge is 0.350 e. The van der Waals surface area contributed by atoms with E-state index in [-0.39, 0.29) is 47.2 Å². The van der Waals surface area contributed by atoms with Crippen molar-refractivity contribution in [2.24, 2.45) is 7.05 Å². The van der Waals surface area contributed by atoms with Gasteiger partial charge in [0.25, 0.3) is 0 Å². The van der Waals surface area contributed by atoms with Gasteiger partial charge in [-0.1, -0.05) is 17.7 Å². The largest absolute Gasteiger partial charge is 0.471 e. The summed E-state index contributed by atoms with van der Waals surface area (Å²) in [5, 5.41) is 16.5. The third-order valence-electron chi connectivity index (χ3n) is 6.12. The molecule has 0 saturated heterocycles. The molecular formula is C23H17ClF5N7O2. The maximum absolute atomic E-state index is 15.2. The van der Waals surface area contributed by atoms with Crippen LogP contribution in [0.15, 0.2) is 36.4 Å². The third-order valence-corrected chi connectivity index (χ3v) is 6.50. The summed E-state index contributed by atoms with van der Waals surface area (Å²) in [6, 6.07) is 7.94. The number of aryl methyl sites for hydroxylation is 1. The zero-order valence-corrected chi connectivity index (χ0v) is 20.2. The molecule has 0 spiro atoms. The fourth-order valence-corrected chi connectivity index (χ4v) is 4.38. The van der Waals surface area contributed by atoms with Gasteiger partial charge in [0.15, 0.2) is 0 Å². The molecule has 38 heavy (non-hydrogen) atoms. The molecule has 2 heterocycles. The number of aromatic nitrogens is 5. The number of nitrogens with zero attached hydrogens (tertiary/aromatic N) is 5. The molecule has 1 fully saturated rings. The molecule has 0 aliphatic heterocycles. The Kier molecular flexibility index (Phi) is 6.09. The third kappa shape index (κ3) is 4.55. The number of tetrazole rings is 1. The van der Waals surface area contributed by atoms with Crippen molar-refractivity contribution in [2.45, 2.75) is 31.1 Å². The lowest BCUT2D eigenvalue weighted by Gasteiger charge is -2.18. The Hall–Kier alpha value is -4.07. The number of rotatable bonds is 6. The molecule has 2 amide bonds. The molecule has 15 heteroatoms. The van der Waals surface area contributed by atoms with Crippen molar-refractivity contribution < 1.29 is 31.5 Å². The van der Waals surface area contributed by atoms with Crippen LogP contribution in [0.3, 0.4) is 0 Å². The summed E-state index contributed by atoms with van der Waals surface area (Å²) >= 11 is 6.55. The molecule has 9 nitrogen and oxygen atoms in total. The van der Waals surface area contributed by atoms with Crippen LogP contribution in [0.1, 0.15) is 18.4 Å². The molecule has 198 valence electrons. The first-order valence-electron chi connectivity index (χ1n) is 11.1. The number of nitrogens with one attached hydrogen (secondary N) is 2. The van der Waals surface area contributed by atoms with Crippen molar-refractivity contribution >= 4 is 34.3 Å². The first-order valence-corrected chi connectivity index (χ1v) is 11.5. The van der Waals surface area contributed by atoms with Crippen molar-refractivity contribution in [3.05, 3.63) is 58.6 Å². The van der Waals surface area contributed by atoms with Gasteiger partial charge in [-0.25, -0.2) is 8.78 Å². The predicted molar refractivity (Wildman–Crippen MR) is 124 cm³/mol. The van der Waals surface area contributed by atoms with Gasteiger partial charge in [0.05, 0.1) is 17.6 Å². The van der Waals surface area contributed by atoms with E-state index in [2.05, 4.69) is 20.7 Å². The van der Waals surface area contributed by atoms with Gasteiger partial charge >= 0.3 is 12.1 Å². The van der Waals surface area contributed by atoms with Crippen LogP contribution in [0.25, 0.3) is 28.1 Å². The van der Waals surface area contributed by atoms with Crippen molar-refractivity contribution in [1.82, 2.24) is 35.4 Å². The van der Waals surface area contributed by atoms with Crippen LogP contribution in [0.2, 0.25) is 5.02 Å². The molecule has 0 bridgehead atoms. The standard InChI is InChI=1S/C23H17ClF5N7O2/c1-35-33-19(32-34-35)18-17(24)14-8-12(25)3-5-16(14)36(18)13-4-2-11(15(26)9-13)10-30-20(37)22(6-7-22)31-21(38)23(27,28)29/h2-5,8-9H,6-7,10H2,1H3,(H,30,37)(H,31,38). The summed E-state index contributed by atoms with van der Waals surface area (Å²) in [6.07, 6.45) is -5.07. The fourth-order valence-electron chi connectivity index (χ4n) is 4.06. The molecule has 2 aromatic carbocycles. The monoisotopic (exact) mass is 553 g/mol. The average Bonchev–Trinajstić information content (AvgIpc) is 3.42. The molecule has 1 saturated carbocycles. The van der Waals surface area contributed by atoms with E-state index >= 15 is 4.39 Å². The Morgan fingerprint density at radius 2 is 1.87 bits per heavy atom. The lowest BCUT2D eigenvalue weighted by Crippen LogP contribution is -2.52.